The Hall–Kier alpha value is -5.13. The van der Waals surface area contributed by atoms with Crippen LogP contribution in [0.4, 0.5) is 0 Å². The lowest BCUT2D eigenvalue weighted by atomic mass is 10.2. The van der Waals surface area contributed by atoms with E-state index >= 15 is 0 Å². The zero-order chi connectivity index (χ0) is 62.7. The smallest absolute Gasteiger partial charge is 0.245 e. The molecule has 0 unspecified atom stereocenters. The van der Waals surface area contributed by atoms with Gasteiger partial charge in [-0.25, -0.2) is 0 Å². The Morgan fingerprint density at radius 1 is 0.195 bits per heavy atom. The lowest BCUT2D eigenvalue weighted by Gasteiger charge is -2.33. The van der Waals surface area contributed by atoms with Gasteiger partial charge in [0, 0.05) is 0 Å². The van der Waals surface area contributed by atoms with Crippen molar-refractivity contribution in [2.24, 2.45) is 0 Å². The minimum Gasteiger partial charge on any atom is -0.493 e. The van der Waals surface area contributed by atoms with Crippen LogP contribution in [0.3, 0.4) is 0 Å². The SMILES string of the molecule is CCCCOc1ccc(OCCCC)c([SiH](O[SiH](c2c(OCCCC)ccc(OCCCC)c2OCCCC)c2c(OCCCC)ccc(OCCCC)c2OCCCC)c2c(OCCCC)ccc(OCCCC)c2OCCCC)c1OCCCC. The lowest BCUT2D eigenvalue weighted by molar-refractivity contribution is 0.258. The molecule has 87 heavy (non-hydrogen) atoms. The summed E-state index contributed by atoms with van der Waals surface area (Å²) in [6, 6.07) is 16.4. The van der Waals surface area contributed by atoms with Gasteiger partial charge < -0.3 is 61.0 Å². The summed E-state index contributed by atoms with van der Waals surface area (Å²) in [6.07, 6.45) is 21.4. The molecule has 4 aromatic rings. The van der Waals surface area contributed by atoms with Gasteiger partial charge in [0.25, 0.3) is 0 Å². The zero-order valence-electron chi connectivity index (χ0n) is 56.5. The molecule has 0 spiro atoms. The molecule has 0 heterocycles. The predicted molar refractivity (Wildman–Crippen MR) is 365 cm³/mol. The van der Waals surface area contributed by atoms with Crippen molar-refractivity contribution in [3.63, 3.8) is 0 Å². The van der Waals surface area contributed by atoms with Crippen molar-refractivity contribution in [2.75, 3.05) is 79.3 Å². The van der Waals surface area contributed by atoms with Crippen LogP contribution < -0.4 is 77.6 Å². The van der Waals surface area contributed by atoms with Gasteiger partial charge in [-0.15, -0.1) is 0 Å². The van der Waals surface area contributed by atoms with Gasteiger partial charge in [0.15, 0.2) is 46.0 Å². The molecule has 0 atom stereocenters. The summed E-state index contributed by atoms with van der Waals surface area (Å²) in [5.41, 5.74) is 0. The molecule has 0 aliphatic carbocycles. The lowest BCUT2D eigenvalue weighted by Crippen LogP contribution is -2.58. The molecular formula is C72H118O13Si2. The van der Waals surface area contributed by atoms with Gasteiger partial charge in [0.05, 0.1) is 100 Å². The Morgan fingerprint density at radius 3 is 0.494 bits per heavy atom. The number of rotatable bonds is 54. The van der Waals surface area contributed by atoms with Crippen molar-refractivity contribution in [1.82, 2.24) is 0 Å². The van der Waals surface area contributed by atoms with Crippen molar-refractivity contribution >= 4 is 38.8 Å². The molecule has 0 aromatic heterocycles. The maximum absolute atomic E-state index is 8.91. The first-order valence-corrected chi connectivity index (χ1v) is 37.9. The van der Waals surface area contributed by atoms with Gasteiger partial charge in [0.2, 0.25) is 18.1 Å². The molecule has 0 bridgehead atoms. The van der Waals surface area contributed by atoms with Crippen LogP contribution in [0.25, 0.3) is 0 Å². The fourth-order valence-corrected chi connectivity index (χ4v) is 16.8. The quantitative estimate of drug-likeness (QED) is 0.0308. The van der Waals surface area contributed by atoms with Gasteiger partial charge in [-0.2, -0.15) is 0 Å². The molecule has 0 aliphatic rings. The van der Waals surface area contributed by atoms with Crippen molar-refractivity contribution in [3.05, 3.63) is 48.5 Å². The van der Waals surface area contributed by atoms with Crippen LogP contribution in [0.5, 0.6) is 69.0 Å². The highest BCUT2D eigenvalue weighted by Gasteiger charge is 2.43. The second-order valence-electron chi connectivity index (χ2n) is 22.5. The van der Waals surface area contributed by atoms with E-state index in [2.05, 4.69) is 107 Å². The topological polar surface area (TPSA) is 120 Å². The van der Waals surface area contributed by atoms with Gasteiger partial charge in [-0.3, -0.25) is 0 Å². The molecule has 0 aliphatic heterocycles. The van der Waals surface area contributed by atoms with Crippen molar-refractivity contribution in [2.45, 2.75) is 237 Å². The second kappa shape index (κ2) is 46.0. The normalized spacial score (nSPS) is 11.3. The van der Waals surface area contributed by atoms with E-state index in [0.717, 1.165) is 175 Å². The maximum Gasteiger partial charge on any atom is 0.245 e. The third-order valence-corrected chi connectivity index (χ3v) is 21.3. The Kier molecular flexibility index (Phi) is 39.3. The third-order valence-electron chi connectivity index (χ3n) is 14.8. The van der Waals surface area contributed by atoms with Crippen LogP contribution in [0.2, 0.25) is 0 Å². The Labute approximate surface area is 531 Å². The molecule has 4 rings (SSSR count). The van der Waals surface area contributed by atoms with E-state index < -0.39 is 18.1 Å². The van der Waals surface area contributed by atoms with Crippen molar-refractivity contribution < 1.29 is 61.0 Å². The van der Waals surface area contributed by atoms with Crippen molar-refractivity contribution in [3.8, 4) is 69.0 Å². The standard InChI is InChI=1S/C72H118O13Si2/c1-13-25-45-73-57-37-41-61(77-49-29-17-5)69(65(57)81-53-33-21-9)86(70-62(78-50-30-18-6)42-38-58(74-46-26-14-2)66(70)82-54-34-22-10)85-87(71-63(79-51-31-19-7)43-39-59(75-47-27-15-3)67(71)83-55-35-23-11)72-64(80-52-32-20-8)44-40-60(76-48-28-16-4)68(72)84-56-36-24-12/h37-44,86-87H,13-36,45-56H2,1-12H3. The molecule has 0 fully saturated rings. The Morgan fingerprint density at radius 2 is 0.333 bits per heavy atom. The number of unbranched alkanes of at least 4 members (excludes halogenated alkanes) is 12. The fourth-order valence-electron chi connectivity index (χ4n) is 9.38. The number of benzene rings is 4. The molecule has 0 radical (unpaired) electrons. The van der Waals surface area contributed by atoms with E-state index in [4.69, 9.17) is 61.0 Å². The van der Waals surface area contributed by atoms with Crippen LogP contribution in [-0.4, -0.2) is 97.4 Å². The molecule has 492 valence electrons. The predicted octanol–water partition coefficient (Wildman–Crippen LogP) is 16.2. The molecule has 13 nitrogen and oxygen atoms in total. The molecule has 4 aromatic carbocycles. The first kappa shape index (κ1) is 74.3. The summed E-state index contributed by atoms with van der Waals surface area (Å²) in [6.45, 7) is 31.9. The Balaban J connectivity index is 2.57. The number of hydrogen-bond acceptors (Lipinski definition) is 13. The highest BCUT2D eigenvalue weighted by molar-refractivity contribution is 6.94. The second-order valence-corrected chi connectivity index (χ2v) is 27.5. The van der Waals surface area contributed by atoms with Crippen LogP contribution in [0.1, 0.15) is 237 Å². The third kappa shape index (κ3) is 24.6. The summed E-state index contributed by atoms with van der Waals surface area (Å²) in [4.78, 5) is 0. The van der Waals surface area contributed by atoms with Crippen LogP contribution in [0.15, 0.2) is 48.5 Å². The summed E-state index contributed by atoms with van der Waals surface area (Å²) < 4.78 is 94.4. The largest absolute Gasteiger partial charge is 0.493 e. The van der Waals surface area contributed by atoms with Crippen LogP contribution in [0, 0.1) is 0 Å². The minimum atomic E-state index is -3.55. The molecule has 0 amide bonds. The highest BCUT2D eigenvalue weighted by atomic mass is 28.4. The van der Waals surface area contributed by atoms with E-state index in [1.165, 1.54) is 0 Å². The summed E-state index contributed by atoms with van der Waals surface area (Å²) in [7, 11) is -7.11. The van der Waals surface area contributed by atoms with Crippen LogP contribution in [-0.2, 0) is 4.12 Å². The molecule has 0 saturated heterocycles. The van der Waals surface area contributed by atoms with E-state index in [1.54, 1.807) is 0 Å². The first-order valence-electron chi connectivity index (χ1n) is 34.7. The molecular weight excluding hydrogens is 1130 g/mol. The van der Waals surface area contributed by atoms with Crippen molar-refractivity contribution in [1.29, 1.82) is 0 Å². The van der Waals surface area contributed by atoms with E-state index in [0.29, 0.717) is 148 Å². The monoisotopic (exact) mass is 1250 g/mol. The van der Waals surface area contributed by atoms with Gasteiger partial charge in [-0.1, -0.05) is 160 Å². The zero-order valence-corrected chi connectivity index (χ0v) is 58.8. The van der Waals surface area contributed by atoms with Gasteiger partial charge >= 0.3 is 0 Å². The summed E-state index contributed by atoms with van der Waals surface area (Å²) in [5, 5.41) is 3.15. The average molecular weight is 1250 g/mol. The van der Waals surface area contributed by atoms with E-state index in [9.17, 15) is 0 Å². The van der Waals surface area contributed by atoms with Crippen LogP contribution >= 0.6 is 0 Å². The number of hydrogen-bond donors (Lipinski definition) is 0. The molecule has 15 heteroatoms. The van der Waals surface area contributed by atoms with Gasteiger partial charge in [-0.05, 0) is 126 Å². The maximum atomic E-state index is 8.91. The van der Waals surface area contributed by atoms with E-state index in [1.807, 2.05) is 24.3 Å². The molecule has 0 saturated carbocycles. The summed E-state index contributed by atoms with van der Waals surface area (Å²) >= 11 is 0. The minimum absolute atomic E-state index is 0.442. The highest BCUT2D eigenvalue weighted by Crippen LogP contribution is 2.40. The first-order chi connectivity index (χ1) is 42.8. The van der Waals surface area contributed by atoms with Gasteiger partial charge in [0.1, 0.15) is 23.0 Å². The Bertz CT molecular complexity index is 2110. The fraction of sp³-hybridized carbons (Fsp3) is 0.667. The summed E-state index contributed by atoms with van der Waals surface area (Å²) in [5.74, 6) is 7.54. The van der Waals surface area contributed by atoms with E-state index in [-0.39, 0.29) is 0 Å². The molecule has 0 N–H and O–H groups in total. The average Bonchev–Trinajstić information content (AvgIpc) is 0.982. The number of ether oxygens (including phenoxy) is 12.